The van der Waals surface area contributed by atoms with Crippen LogP contribution in [0.3, 0.4) is 0 Å². The smallest absolute Gasteiger partial charge is 0.0279 e. The summed E-state index contributed by atoms with van der Waals surface area (Å²) in [5.74, 6) is 0. The number of benzene rings is 1. The minimum absolute atomic E-state index is 1.25. The van der Waals surface area contributed by atoms with Crippen LogP contribution in [-0.2, 0) is 6.42 Å². The van der Waals surface area contributed by atoms with Crippen LogP contribution in [-0.4, -0.2) is 0 Å². The molecule has 0 aliphatic rings. The van der Waals surface area contributed by atoms with Crippen molar-refractivity contribution >= 4 is 0 Å². The highest BCUT2D eigenvalue weighted by Crippen LogP contribution is 2.09. The Balaban J connectivity index is 1.99. The van der Waals surface area contributed by atoms with Crippen LogP contribution >= 0.6 is 0 Å². The van der Waals surface area contributed by atoms with Gasteiger partial charge in [0.05, 0.1) is 0 Å². The van der Waals surface area contributed by atoms with Crippen LogP contribution in [0.15, 0.2) is 30.3 Å². The molecule has 0 aliphatic heterocycles. The fourth-order valence-corrected chi connectivity index (χ4v) is 1.68. The van der Waals surface area contributed by atoms with E-state index in [1.54, 1.807) is 0 Å². The molecule has 0 heterocycles. The second-order valence-corrected chi connectivity index (χ2v) is 3.85. The maximum Gasteiger partial charge on any atom is -0.0279 e. The zero-order valence-electron chi connectivity index (χ0n) is 9.21. The van der Waals surface area contributed by atoms with Crippen molar-refractivity contribution in [3.05, 3.63) is 42.3 Å². The molecule has 0 aliphatic carbocycles. The van der Waals surface area contributed by atoms with Gasteiger partial charge in [-0.25, -0.2) is 0 Å². The van der Waals surface area contributed by atoms with Crippen molar-refractivity contribution < 1.29 is 0 Å². The van der Waals surface area contributed by atoms with Crippen LogP contribution in [0.25, 0.3) is 0 Å². The summed E-state index contributed by atoms with van der Waals surface area (Å²) in [6, 6.07) is 10.8. The summed E-state index contributed by atoms with van der Waals surface area (Å²) in [6.45, 7) is 2.14. The Morgan fingerprint density at radius 2 is 1.64 bits per heavy atom. The molecule has 1 rings (SSSR count). The Bertz CT molecular complexity index is 213. The Morgan fingerprint density at radius 1 is 0.929 bits per heavy atom. The molecule has 14 heavy (non-hydrogen) atoms. The molecule has 77 valence electrons. The number of rotatable bonds is 7. The average Bonchev–Trinajstić information content (AvgIpc) is 2.25. The monoisotopic (exact) mass is 189 g/mol. The van der Waals surface area contributed by atoms with Crippen LogP contribution < -0.4 is 0 Å². The van der Waals surface area contributed by atoms with E-state index in [0.717, 1.165) is 0 Å². The summed E-state index contributed by atoms with van der Waals surface area (Å²) in [5.41, 5.74) is 1.48. The summed E-state index contributed by atoms with van der Waals surface area (Å²) in [7, 11) is 0. The van der Waals surface area contributed by atoms with Gasteiger partial charge in [0, 0.05) is 0 Å². The Morgan fingerprint density at radius 3 is 2.36 bits per heavy atom. The first-order valence-electron chi connectivity index (χ1n) is 5.75. The molecule has 0 nitrogen and oxygen atoms in total. The molecule has 0 amide bonds. The highest BCUT2D eigenvalue weighted by Gasteiger charge is 1.92. The first-order chi connectivity index (χ1) is 6.93. The molecular weight excluding hydrogens is 168 g/mol. The summed E-state index contributed by atoms with van der Waals surface area (Å²) in [6.07, 6.45) is 10.3. The van der Waals surface area contributed by atoms with Crippen molar-refractivity contribution in [3.8, 4) is 0 Å². The average molecular weight is 189 g/mol. The van der Waals surface area contributed by atoms with Gasteiger partial charge >= 0.3 is 0 Å². The highest BCUT2D eigenvalue weighted by atomic mass is 14.0. The van der Waals surface area contributed by atoms with Crippen molar-refractivity contribution in [2.45, 2.75) is 45.4 Å². The first-order valence-corrected chi connectivity index (χ1v) is 5.75. The number of hydrogen-bond acceptors (Lipinski definition) is 0. The zero-order chi connectivity index (χ0) is 10.1. The maximum atomic E-state index is 2.26. The van der Waals surface area contributed by atoms with E-state index in [1.165, 1.54) is 44.1 Å². The van der Waals surface area contributed by atoms with Crippen LogP contribution in [0.2, 0.25) is 0 Å². The van der Waals surface area contributed by atoms with Crippen molar-refractivity contribution in [3.63, 3.8) is 0 Å². The van der Waals surface area contributed by atoms with Crippen molar-refractivity contribution in [2.75, 3.05) is 0 Å². The van der Waals surface area contributed by atoms with Gasteiger partial charge in [-0.1, -0.05) is 62.9 Å². The molecule has 0 saturated carbocycles. The van der Waals surface area contributed by atoms with Crippen LogP contribution in [0.1, 0.15) is 44.6 Å². The Hall–Kier alpha value is -0.780. The fourth-order valence-electron chi connectivity index (χ4n) is 1.68. The van der Waals surface area contributed by atoms with Crippen LogP contribution in [0, 0.1) is 6.42 Å². The van der Waals surface area contributed by atoms with Gasteiger partial charge in [0.1, 0.15) is 0 Å². The molecule has 0 unspecified atom stereocenters. The van der Waals surface area contributed by atoms with Gasteiger partial charge in [-0.3, -0.25) is 0 Å². The third-order valence-corrected chi connectivity index (χ3v) is 2.55. The lowest BCUT2D eigenvalue weighted by Crippen LogP contribution is -1.85. The van der Waals surface area contributed by atoms with Gasteiger partial charge in [0.2, 0.25) is 0 Å². The van der Waals surface area contributed by atoms with E-state index in [2.05, 4.69) is 43.7 Å². The van der Waals surface area contributed by atoms with Crippen molar-refractivity contribution in [1.82, 2.24) is 0 Å². The Labute approximate surface area is 88.4 Å². The first kappa shape index (κ1) is 11.3. The second kappa shape index (κ2) is 7.61. The van der Waals surface area contributed by atoms with Crippen LogP contribution in [0.4, 0.5) is 0 Å². The predicted octanol–water partition coefficient (Wildman–Crippen LogP) is 4.40. The zero-order valence-corrected chi connectivity index (χ0v) is 9.21. The number of aryl methyl sites for hydroxylation is 1. The number of unbranched alkanes of at least 4 members (excludes halogenated alkanes) is 5. The standard InChI is InChI=1S/C14H21/c1-2-3-4-5-6-8-11-14-12-9-7-10-13-14/h2,7,9-10,12-13H,3-6,8,11H2,1H3. The van der Waals surface area contributed by atoms with E-state index >= 15 is 0 Å². The minimum atomic E-state index is 1.25. The second-order valence-electron chi connectivity index (χ2n) is 3.85. The third kappa shape index (κ3) is 5.06. The molecule has 1 radical (unpaired) electrons. The number of hydrogen-bond donors (Lipinski definition) is 0. The van der Waals surface area contributed by atoms with Gasteiger partial charge in [-0.15, -0.1) is 0 Å². The SMILES string of the molecule is C[CH]CCCCCCc1ccccc1. The van der Waals surface area contributed by atoms with E-state index in [0.29, 0.717) is 0 Å². The van der Waals surface area contributed by atoms with Gasteiger partial charge in [0.15, 0.2) is 0 Å². The molecule has 0 heteroatoms. The molecule has 0 N–H and O–H groups in total. The topological polar surface area (TPSA) is 0 Å². The lowest BCUT2D eigenvalue weighted by Gasteiger charge is -2.01. The van der Waals surface area contributed by atoms with E-state index in [9.17, 15) is 0 Å². The van der Waals surface area contributed by atoms with Gasteiger partial charge < -0.3 is 0 Å². The largest absolute Gasteiger partial charge is 0.0623 e. The predicted molar refractivity (Wildman–Crippen MR) is 63.2 cm³/mol. The van der Waals surface area contributed by atoms with E-state index in [-0.39, 0.29) is 0 Å². The molecule has 0 bridgehead atoms. The summed E-state index contributed by atoms with van der Waals surface area (Å²) < 4.78 is 0. The van der Waals surface area contributed by atoms with Crippen LogP contribution in [0.5, 0.6) is 0 Å². The lowest BCUT2D eigenvalue weighted by molar-refractivity contribution is 0.637. The quantitative estimate of drug-likeness (QED) is 0.557. The van der Waals surface area contributed by atoms with Crippen molar-refractivity contribution in [1.29, 1.82) is 0 Å². The molecular formula is C14H21. The van der Waals surface area contributed by atoms with Gasteiger partial charge in [0.25, 0.3) is 0 Å². The fraction of sp³-hybridized carbons (Fsp3) is 0.500. The minimum Gasteiger partial charge on any atom is -0.0623 e. The molecule has 0 fully saturated rings. The molecule has 0 atom stereocenters. The maximum absolute atomic E-state index is 2.26. The molecule has 0 saturated heterocycles. The molecule has 0 aromatic heterocycles. The normalized spacial score (nSPS) is 10.4. The summed E-state index contributed by atoms with van der Waals surface area (Å²) in [4.78, 5) is 0. The lowest BCUT2D eigenvalue weighted by atomic mass is 10.1. The highest BCUT2D eigenvalue weighted by molar-refractivity contribution is 5.14. The van der Waals surface area contributed by atoms with Gasteiger partial charge in [-0.2, -0.15) is 0 Å². The van der Waals surface area contributed by atoms with E-state index in [1.807, 2.05) is 0 Å². The van der Waals surface area contributed by atoms with Crippen molar-refractivity contribution in [2.24, 2.45) is 0 Å². The summed E-state index contributed by atoms with van der Waals surface area (Å²) in [5, 5.41) is 0. The third-order valence-electron chi connectivity index (χ3n) is 2.55. The van der Waals surface area contributed by atoms with E-state index < -0.39 is 0 Å². The molecule has 0 spiro atoms. The molecule has 1 aromatic rings. The molecule has 1 aromatic carbocycles. The Kier molecular flexibility index (Phi) is 6.14. The van der Waals surface area contributed by atoms with Gasteiger partial charge in [-0.05, 0) is 24.8 Å². The summed E-state index contributed by atoms with van der Waals surface area (Å²) >= 11 is 0. The van der Waals surface area contributed by atoms with E-state index in [4.69, 9.17) is 0 Å².